The predicted molar refractivity (Wildman–Crippen MR) is 77.2 cm³/mol. The summed E-state index contributed by atoms with van der Waals surface area (Å²) in [6.45, 7) is 2.32. The van der Waals surface area contributed by atoms with Gasteiger partial charge in [0.1, 0.15) is 11.9 Å². The van der Waals surface area contributed by atoms with Crippen LogP contribution in [0.2, 0.25) is 0 Å². The van der Waals surface area contributed by atoms with Crippen molar-refractivity contribution >= 4 is 27.3 Å². The second kappa shape index (κ2) is 6.29. The summed E-state index contributed by atoms with van der Waals surface area (Å²) in [5.41, 5.74) is 6.30. The van der Waals surface area contributed by atoms with Gasteiger partial charge < -0.3 is 10.6 Å². The standard InChI is InChI=1S/C12H17BrN4O2/c13-10-6-15-7-11(17(18)19)12(10)16-5-1-2-9(8-16)3-4-14/h6-7,9H,1-5,8,14H2. The van der Waals surface area contributed by atoms with Gasteiger partial charge in [0.05, 0.1) is 9.40 Å². The molecule has 1 aromatic heterocycles. The van der Waals surface area contributed by atoms with Crippen LogP contribution < -0.4 is 10.6 Å². The van der Waals surface area contributed by atoms with E-state index in [4.69, 9.17) is 5.73 Å². The van der Waals surface area contributed by atoms with Crippen molar-refractivity contribution < 1.29 is 4.92 Å². The Hall–Kier alpha value is -1.21. The summed E-state index contributed by atoms with van der Waals surface area (Å²) in [5.74, 6) is 0.512. The number of anilines is 1. The van der Waals surface area contributed by atoms with Gasteiger partial charge in [-0.15, -0.1) is 0 Å². The molecule has 6 nitrogen and oxygen atoms in total. The molecule has 1 unspecified atom stereocenters. The molecule has 0 radical (unpaired) electrons. The Morgan fingerprint density at radius 1 is 1.58 bits per heavy atom. The van der Waals surface area contributed by atoms with Crippen LogP contribution in [0.1, 0.15) is 19.3 Å². The Kier molecular flexibility index (Phi) is 4.71. The molecule has 1 atom stereocenters. The number of nitrogens with two attached hydrogens (primary N) is 1. The highest BCUT2D eigenvalue weighted by Crippen LogP contribution is 2.37. The second-order valence-corrected chi connectivity index (χ2v) is 5.63. The lowest BCUT2D eigenvalue weighted by Crippen LogP contribution is -2.36. The Balaban J connectivity index is 2.28. The van der Waals surface area contributed by atoms with Crippen molar-refractivity contribution in [3.8, 4) is 0 Å². The number of piperidine rings is 1. The Bertz CT molecular complexity index is 467. The van der Waals surface area contributed by atoms with Crippen molar-refractivity contribution in [2.75, 3.05) is 24.5 Å². The molecule has 1 aromatic rings. The summed E-state index contributed by atoms with van der Waals surface area (Å²) in [6.07, 6.45) is 6.06. The van der Waals surface area contributed by atoms with Crippen LogP contribution in [0.15, 0.2) is 16.9 Å². The van der Waals surface area contributed by atoms with Crippen LogP contribution in [0.4, 0.5) is 11.4 Å². The first-order chi connectivity index (χ1) is 9.13. The summed E-state index contributed by atoms with van der Waals surface area (Å²) in [5, 5.41) is 11.1. The van der Waals surface area contributed by atoms with E-state index in [1.807, 2.05) is 0 Å². The van der Waals surface area contributed by atoms with Crippen LogP contribution in [0, 0.1) is 16.0 Å². The topological polar surface area (TPSA) is 85.3 Å². The highest BCUT2D eigenvalue weighted by Gasteiger charge is 2.27. The normalized spacial score (nSPS) is 19.5. The molecule has 19 heavy (non-hydrogen) atoms. The van der Waals surface area contributed by atoms with E-state index in [2.05, 4.69) is 25.8 Å². The quantitative estimate of drug-likeness (QED) is 0.677. The third kappa shape index (κ3) is 3.22. The molecule has 104 valence electrons. The fourth-order valence-corrected chi connectivity index (χ4v) is 3.18. The average molecular weight is 329 g/mol. The average Bonchev–Trinajstić information content (AvgIpc) is 2.39. The summed E-state index contributed by atoms with van der Waals surface area (Å²) in [7, 11) is 0. The number of hydrogen-bond donors (Lipinski definition) is 1. The molecule has 1 aliphatic heterocycles. The van der Waals surface area contributed by atoms with E-state index >= 15 is 0 Å². The molecular weight excluding hydrogens is 312 g/mol. The van der Waals surface area contributed by atoms with Crippen molar-refractivity contribution in [2.24, 2.45) is 11.7 Å². The lowest BCUT2D eigenvalue weighted by molar-refractivity contribution is -0.384. The minimum absolute atomic E-state index is 0.0581. The number of rotatable bonds is 4. The zero-order valence-electron chi connectivity index (χ0n) is 10.6. The highest BCUT2D eigenvalue weighted by molar-refractivity contribution is 9.10. The fourth-order valence-electron chi connectivity index (χ4n) is 2.60. The Labute approximate surface area is 120 Å². The van der Waals surface area contributed by atoms with E-state index in [1.54, 1.807) is 6.20 Å². The van der Waals surface area contributed by atoms with E-state index in [0.29, 0.717) is 22.6 Å². The van der Waals surface area contributed by atoms with Crippen molar-refractivity contribution in [1.82, 2.24) is 4.98 Å². The summed E-state index contributed by atoms with van der Waals surface area (Å²) in [4.78, 5) is 16.7. The van der Waals surface area contributed by atoms with Crippen LogP contribution in [-0.2, 0) is 0 Å². The molecule has 2 N–H and O–H groups in total. The monoisotopic (exact) mass is 328 g/mol. The fraction of sp³-hybridized carbons (Fsp3) is 0.583. The smallest absolute Gasteiger partial charge is 0.311 e. The Morgan fingerprint density at radius 2 is 2.37 bits per heavy atom. The third-order valence-electron chi connectivity index (χ3n) is 3.46. The highest BCUT2D eigenvalue weighted by atomic mass is 79.9. The maximum Gasteiger partial charge on any atom is 0.311 e. The molecule has 2 heterocycles. The second-order valence-electron chi connectivity index (χ2n) is 4.78. The minimum Gasteiger partial charge on any atom is -0.365 e. The molecule has 0 spiro atoms. The van der Waals surface area contributed by atoms with Crippen LogP contribution >= 0.6 is 15.9 Å². The summed E-state index contributed by atoms with van der Waals surface area (Å²) >= 11 is 3.38. The Morgan fingerprint density at radius 3 is 3.05 bits per heavy atom. The molecule has 0 amide bonds. The molecule has 7 heteroatoms. The zero-order valence-corrected chi connectivity index (χ0v) is 12.2. The van der Waals surface area contributed by atoms with Crippen molar-refractivity contribution in [2.45, 2.75) is 19.3 Å². The van der Waals surface area contributed by atoms with Gasteiger partial charge in [0, 0.05) is 19.3 Å². The van der Waals surface area contributed by atoms with Gasteiger partial charge in [-0.2, -0.15) is 0 Å². The molecule has 2 rings (SSSR count). The van der Waals surface area contributed by atoms with Crippen LogP contribution in [0.5, 0.6) is 0 Å². The lowest BCUT2D eigenvalue weighted by atomic mass is 9.94. The first kappa shape index (κ1) is 14.2. The number of nitrogens with zero attached hydrogens (tertiary/aromatic N) is 3. The molecular formula is C12H17BrN4O2. The number of aromatic nitrogens is 1. The maximum absolute atomic E-state index is 11.1. The number of hydrogen-bond acceptors (Lipinski definition) is 5. The minimum atomic E-state index is -0.375. The summed E-state index contributed by atoms with van der Waals surface area (Å²) in [6, 6.07) is 0. The van der Waals surface area contributed by atoms with Gasteiger partial charge in [0.15, 0.2) is 0 Å². The van der Waals surface area contributed by atoms with E-state index in [0.717, 1.165) is 32.4 Å². The van der Waals surface area contributed by atoms with Crippen LogP contribution in [-0.4, -0.2) is 29.5 Å². The van der Waals surface area contributed by atoms with E-state index in [1.165, 1.54) is 6.20 Å². The molecule has 0 aromatic carbocycles. The van der Waals surface area contributed by atoms with E-state index < -0.39 is 0 Å². The van der Waals surface area contributed by atoms with E-state index in [-0.39, 0.29) is 10.6 Å². The third-order valence-corrected chi connectivity index (χ3v) is 4.04. The molecule has 1 saturated heterocycles. The first-order valence-electron chi connectivity index (χ1n) is 6.36. The molecule has 1 aliphatic rings. The van der Waals surface area contributed by atoms with Crippen molar-refractivity contribution in [1.29, 1.82) is 0 Å². The molecule has 0 bridgehead atoms. The SMILES string of the molecule is NCCC1CCCN(c2c(Br)cncc2[N+](=O)[O-])C1. The van der Waals surface area contributed by atoms with Gasteiger partial charge in [-0.1, -0.05) is 0 Å². The van der Waals surface area contributed by atoms with Gasteiger partial charge in [-0.3, -0.25) is 15.1 Å². The van der Waals surface area contributed by atoms with E-state index in [9.17, 15) is 10.1 Å². The lowest BCUT2D eigenvalue weighted by Gasteiger charge is -2.34. The van der Waals surface area contributed by atoms with Gasteiger partial charge >= 0.3 is 5.69 Å². The molecule has 0 aliphatic carbocycles. The molecule has 1 fully saturated rings. The number of halogens is 1. The predicted octanol–water partition coefficient (Wildman–Crippen LogP) is 2.32. The van der Waals surface area contributed by atoms with Crippen molar-refractivity contribution in [3.05, 3.63) is 27.0 Å². The van der Waals surface area contributed by atoms with Crippen LogP contribution in [0.25, 0.3) is 0 Å². The molecule has 0 saturated carbocycles. The number of pyridine rings is 1. The van der Waals surface area contributed by atoms with Gasteiger partial charge in [-0.25, -0.2) is 0 Å². The largest absolute Gasteiger partial charge is 0.365 e. The van der Waals surface area contributed by atoms with Crippen LogP contribution in [0.3, 0.4) is 0 Å². The number of nitro groups is 1. The van der Waals surface area contributed by atoms with Gasteiger partial charge in [-0.05, 0) is 47.7 Å². The summed E-state index contributed by atoms with van der Waals surface area (Å²) < 4.78 is 0.676. The van der Waals surface area contributed by atoms with Gasteiger partial charge in [0.2, 0.25) is 0 Å². The maximum atomic E-state index is 11.1. The first-order valence-corrected chi connectivity index (χ1v) is 7.15. The van der Waals surface area contributed by atoms with Gasteiger partial charge in [0.25, 0.3) is 0 Å². The van der Waals surface area contributed by atoms with Crippen molar-refractivity contribution in [3.63, 3.8) is 0 Å². The zero-order chi connectivity index (χ0) is 13.8.